The van der Waals surface area contributed by atoms with Crippen LogP contribution in [0.25, 0.3) is 0 Å². The highest BCUT2D eigenvalue weighted by Crippen LogP contribution is 2.03. The number of sulfonamides is 1. The Bertz CT molecular complexity index is 288. The number of hydrogen-bond acceptors (Lipinski definition) is 3. The monoisotopic (exact) mass is 161 g/mol. The smallest absolute Gasteiger partial charge is 0.254 e. The molecule has 0 spiro atoms. The van der Waals surface area contributed by atoms with Crippen molar-refractivity contribution in [2.24, 2.45) is 5.84 Å². The molecule has 0 aliphatic heterocycles. The maximum Gasteiger partial charge on any atom is 0.254 e. The van der Waals surface area contributed by atoms with E-state index in [2.05, 4.69) is 4.98 Å². The lowest BCUT2D eigenvalue weighted by molar-refractivity contribution is 0.584. The first-order chi connectivity index (χ1) is 4.67. The van der Waals surface area contributed by atoms with Gasteiger partial charge in [0.15, 0.2) is 0 Å². The molecule has 1 rings (SSSR count). The van der Waals surface area contributed by atoms with Gasteiger partial charge in [0.2, 0.25) is 0 Å². The minimum Gasteiger partial charge on any atom is -0.366 e. The minimum atomic E-state index is -3.46. The van der Waals surface area contributed by atoms with E-state index in [1.54, 1.807) is 4.83 Å². The van der Waals surface area contributed by atoms with Gasteiger partial charge in [-0.05, 0) is 6.07 Å². The van der Waals surface area contributed by atoms with Crippen LogP contribution in [0.2, 0.25) is 0 Å². The Labute approximate surface area is 58.3 Å². The fraction of sp³-hybridized carbons (Fsp3) is 0. The van der Waals surface area contributed by atoms with Crippen LogP contribution < -0.4 is 10.7 Å². The lowest BCUT2D eigenvalue weighted by Gasteiger charge is -1.95. The minimum absolute atomic E-state index is 0.134. The maximum absolute atomic E-state index is 10.8. The van der Waals surface area contributed by atoms with Gasteiger partial charge in [0.25, 0.3) is 10.0 Å². The molecule has 1 heterocycles. The summed E-state index contributed by atoms with van der Waals surface area (Å²) < 4.78 is 21.6. The highest BCUT2D eigenvalue weighted by atomic mass is 32.2. The van der Waals surface area contributed by atoms with E-state index in [0.29, 0.717) is 0 Å². The zero-order valence-corrected chi connectivity index (χ0v) is 5.85. The molecule has 0 saturated heterocycles. The van der Waals surface area contributed by atoms with Gasteiger partial charge in [0, 0.05) is 12.4 Å². The highest BCUT2D eigenvalue weighted by Gasteiger charge is 2.10. The molecule has 1 aromatic heterocycles. The summed E-state index contributed by atoms with van der Waals surface area (Å²) in [6, 6.07) is 1.41. The second kappa shape index (κ2) is 2.41. The third-order valence-electron chi connectivity index (χ3n) is 1.03. The molecule has 0 amide bonds. The summed E-state index contributed by atoms with van der Waals surface area (Å²) in [6.45, 7) is 0. The molecular weight excluding hydrogens is 154 g/mol. The molecule has 4 N–H and O–H groups in total. The predicted octanol–water partition coefficient (Wildman–Crippen LogP) is -0.833. The van der Waals surface area contributed by atoms with Crippen LogP contribution >= 0.6 is 0 Å². The van der Waals surface area contributed by atoms with Gasteiger partial charge in [0.05, 0.1) is 0 Å². The fourth-order valence-corrected chi connectivity index (χ4v) is 1.15. The fourth-order valence-electron chi connectivity index (χ4n) is 0.544. The number of nitrogens with two attached hydrogens (primary N) is 1. The molecule has 10 heavy (non-hydrogen) atoms. The van der Waals surface area contributed by atoms with Crippen LogP contribution in [-0.2, 0) is 10.0 Å². The van der Waals surface area contributed by atoms with Crippen molar-refractivity contribution in [3.63, 3.8) is 0 Å². The van der Waals surface area contributed by atoms with Gasteiger partial charge in [-0.25, -0.2) is 8.42 Å². The zero-order chi connectivity index (χ0) is 7.61. The Kier molecular flexibility index (Phi) is 1.75. The first kappa shape index (κ1) is 7.26. The molecule has 0 bridgehead atoms. The highest BCUT2D eigenvalue weighted by molar-refractivity contribution is 7.89. The molecule has 0 atom stereocenters. The van der Waals surface area contributed by atoms with Crippen LogP contribution in [0.4, 0.5) is 0 Å². The van der Waals surface area contributed by atoms with Crippen molar-refractivity contribution >= 4 is 10.0 Å². The SMILES string of the molecule is NNS(=O)(=O)c1cc[nH]c1. The van der Waals surface area contributed by atoms with Gasteiger partial charge < -0.3 is 4.98 Å². The molecule has 0 saturated carbocycles. The number of H-pyrrole nitrogens is 1. The number of rotatable bonds is 2. The van der Waals surface area contributed by atoms with Gasteiger partial charge in [-0.1, -0.05) is 0 Å². The molecule has 0 aromatic carbocycles. The van der Waals surface area contributed by atoms with E-state index < -0.39 is 10.0 Å². The van der Waals surface area contributed by atoms with Crippen LogP contribution in [0.15, 0.2) is 23.4 Å². The zero-order valence-electron chi connectivity index (χ0n) is 5.03. The molecule has 0 fully saturated rings. The van der Waals surface area contributed by atoms with Crippen LogP contribution in [-0.4, -0.2) is 13.4 Å². The summed E-state index contributed by atoms with van der Waals surface area (Å²) in [4.78, 5) is 4.43. The average Bonchev–Trinajstić information content (AvgIpc) is 2.38. The molecule has 6 heteroatoms. The third kappa shape index (κ3) is 1.18. The van der Waals surface area contributed by atoms with Crippen LogP contribution in [0.5, 0.6) is 0 Å². The molecule has 0 unspecified atom stereocenters. The summed E-state index contributed by atoms with van der Waals surface area (Å²) in [5.41, 5.74) is 0. The number of hydrogen-bond donors (Lipinski definition) is 3. The van der Waals surface area contributed by atoms with E-state index in [4.69, 9.17) is 5.84 Å². The Morgan fingerprint density at radius 1 is 1.60 bits per heavy atom. The molecular formula is C4H7N3O2S. The maximum atomic E-state index is 10.8. The van der Waals surface area contributed by atoms with Crippen molar-refractivity contribution in [2.45, 2.75) is 4.90 Å². The summed E-state index contributed by atoms with van der Waals surface area (Å²) >= 11 is 0. The molecule has 1 aromatic rings. The molecule has 0 aliphatic carbocycles. The lowest BCUT2D eigenvalue weighted by atomic mass is 10.7. The van der Waals surface area contributed by atoms with Crippen molar-refractivity contribution in [3.05, 3.63) is 18.5 Å². The van der Waals surface area contributed by atoms with E-state index in [9.17, 15) is 8.42 Å². The average molecular weight is 161 g/mol. The second-order valence-corrected chi connectivity index (χ2v) is 3.38. The number of nitrogens with one attached hydrogen (secondary N) is 2. The van der Waals surface area contributed by atoms with E-state index in [1.165, 1.54) is 18.5 Å². The van der Waals surface area contributed by atoms with Crippen molar-refractivity contribution < 1.29 is 8.42 Å². The van der Waals surface area contributed by atoms with Crippen molar-refractivity contribution in [3.8, 4) is 0 Å². The molecule has 56 valence electrons. The number of hydrazine groups is 1. The Balaban J connectivity index is 3.09. The van der Waals surface area contributed by atoms with E-state index in [0.717, 1.165) is 0 Å². The van der Waals surface area contributed by atoms with Gasteiger partial charge >= 0.3 is 0 Å². The van der Waals surface area contributed by atoms with Crippen molar-refractivity contribution in [1.29, 1.82) is 0 Å². The first-order valence-corrected chi connectivity index (χ1v) is 4.00. The molecule has 0 radical (unpaired) electrons. The lowest BCUT2D eigenvalue weighted by Crippen LogP contribution is -2.29. The van der Waals surface area contributed by atoms with E-state index in [1.807, 2.05) is 0 Å². The summed E-state index contributed by atoms with van der Waals surface area (Å²) in [7, 11) is -3.46. The van der Waals surface area contributed by atoms with Crippen molar-refractivity contribution in [1.82, 2.24) is 9.82 Å². The molecule has 5 nitrogen and oxygen atoms in total. The summed E-state index contributed by atoms with van der Waals surface area (Å²) in [5, 5.41) is 0. The number of aromatic amines is 1. The normalized spacial score (nSPS) is 11.7. The standard InChI is InChI=1S/C4H7N3O2S/c5-7-10(8,9)4-1-2-6-3-4/h1-3,6-7H,5H2. The first-order valence-electron chi connectivity index (χ1n) is 2.52. The van der Waals surface area contributed by atoms with Crippen LogP contribution in [0.1, 0.15) is 0 Å². The number of aromatic nitrogens is 1. The summed E-state index contributed by atoms with van der Waals surface area (Å²) in [6.07, 6.45) is 2.85. The van der Waals surface area contributed by atoms with Crippen LogP contribution in [0, 0.1) is 0 Å². The van der Waals surface area contributed by atoms with Gasteiger partial charge in [-0.15, -0.1) is 0 Å². The Morgan fingerprint density at radius 2 is 2.30 bits per heavy atom. The van der Waals surface area contributed by atoms with Gasteiger partial charge in [0.1, 0.15) is 4.90 Å². The van der Waals surface area contributed by atoms with Crippen LogP contribution in [0.3, 0.4) is 0 Å². The van der Waals surface area contributed by atoms with Crippen molar-refractivity contribution in [2.75, 3.05) is 0 Å². The second-order valence-electron chi connectivity index (χ2n) is 1.67. The van der Waals surface area contributed by atoms with E-state index in [-0.39, 0.29) is 4.90 Å². The van der Waals surface area contributed by atoms with Gasteiger partial charge in [-0.2, -0.15) is 4.83 Å². The Hall–Kier alpha value is -0.850. The Morgan fingerprint density at radius 3 is 2.70 bits per heavy atom. The third-order valence-corrected chi connectivity index (χ3v) is 2.22. The van der Waals surface area contributed by atoms with E-state index >= 15 is 0 Å². The topological polar surface area (TPSA) is 88.0 Å². The van der Waals surface area contributed by atoms with Gasteiger partial charge in [-0.3, -0.25) is 5.84 Å². The quantitative estimate of drug-likeness (QED) is 0.390. The largest absolute Gasteiger partial charge is 0.366 e. The summed E-state index contributed by atoms with van der Waals surface area (Å²) in [5.74, 6) is 4.75. The predicted molar refractivity (Wildman–Crippen MR) is 35.3 cm³/mol. The molecule has 0 aliphatic rings.